The standard InChI is InChI=1S/C23H23N3O2S/c27-21(17-5-4-16-6-7-23(28)24-19(16)14-17)15-25-9-11-26(12-10-25)20-2-1-3-22-18(20)8-13-29-22/h1-8,13-14,21,27H,9-12,15H2,(H,24,28). The highest BCUT2D eigenvalue weighted by molar-refractivity contribution is 7.17. The first-order valence-corrected chi connectivity index (χ1v) is 10.8. The first-order valence-electron chi connectivity index (χ1n) is 9.92. The van der Waals surface area contributed by atoms with Gasteiger partial charge in [0.15, 0.2) is 0 Å². The summed E-state index contributed by atoms with van der Waals surface area (Å²) in [6, 6.07) is 17.8. The van der Waals surface area contributed by atoms with Crippen molar-refractivity contribution in [3.63, 3.8) is 0 Å². The zero-order chi connectivity index (χ0) is 19.8. The lowest BCUT2D eigenvalue weighted by Gasteiger charge is -2.37. The predicted octanol–water partition coefficient (Wildman–Crippen LogP) is 3.60. The summed E-state index contributed by atoms with van der Waals surface area (Å²) in [5, 5.41) is 15.2. The van der Waals surface area contributed by atoms with E-state index in [9.17, 15) is 9.90 Å². The molecule has 0 amide bonds. The molecule has 4 aromatic rings. The van der Waals surface area contributed by atoms with Crippen molar-refractivity contribution in [2.45, 2.75) is 6.10 Å². The Morgan fingerprint density at radius 3 is 2.72 bits per heavy atom. The van der Waals surface area contributed by atoms with Gasteiger partial charge in [0.1, 0.15) is 0 Å². The van der Waals surface area contributed by atoms with Crippen LogP contribution < -0.4 is 10.5 Å². The zero-order valence-electron chi connectivity index (χ0n) is 16.0. The molecule has 2 N–H and O–H groups in total. The Morgan fingerprint density at radius 1 is 1.03 bits per heavy atom. The summed E-state index contributed by atoms with van der Waals surface area (Å²) in [5.41, 5.74) is 2.79. The molecule has 29 heavy (non-hydrogen) atoms. The first kappa shape index (κ1) is 18.4. The van der Waals surface area contributed by atoms with Gasteiger partial charge in [-0.1, -0.05) is 18.2 Å². The van der Waals surface area contributed by atoms with Crippen LogP contribution in [-0.4, -0.2) is 47.7 Å². The van der Waals surface area contributed by atoms with Crippen molar-refractivity contribution in [1.82, 2.24) is 9.88 Å². The molecule has 1 fully saturated rings. The number of aromatic nitrogens is 1. The van der Waals surface area contributed by atoms with E-state index in [1.54, 1.807) is 17.4 Å². The third kappa shape index (κ3) is 3.67. The summed E-state index contributed by atoms with van der Waals surface area (Å²) < 4.78 is 1.33. The van der Waals surface area contributed by atoms with Gasteiger partial charge in [0.2, 0.25) is 5.56 Å². The number of fused-ring (bicyclic) bond motifs is 2. The summed E-state index contributed by atoms with van der Waals surface area (Å²) in [6.07, 6.45) is -0.574. The van der Waals surface area contributed by atoms with Crippen molar-refractivity contribution in [2.75, 3.05) is 37.6 Å². The molecule has 5 nitrogen and oxygen atoms in total. The van der Waals surface area contributed by atoms with Gasteiger partial charge in [0.05, 0.1) is 6.10 Å². The van der Waals surface area contributed by atoms with Gasteiger partial charge >= 0.3 is 0 Å². The molecule has 0 spiro atoms. The van der Waals surface area contributed by atoms with Gasteiger partial charge in [-0.05, 0) is 46.7 Å². The number of aliphatic hydroxyl groups excluding tert-OH is 1. The topological polar surface area (TPSA) is 59.6 Å². The molecule has 3 heterocycles. The van der Waals surface area contributed by atoms with Gasteiger partial charge in [-0.3, -0.25) is 9.69 Å². The Hall–Kier alpha value is -2.67. The van der Waals surface area contributed by atoms with E-state index < -0.39 is 6.10 Å². The number of thiophene rings is 1. The van der Waals surface area contributed by atoms with Crippen LogP contribution in [0.1, 0.15) is 11.7 Å². The number of pyridine rings is 1. The van der Waals surface area contributed by atoms with E-state index in [1.165, 1.54) is 21.8 Å². The van der Waals surface area contributed by atoms with E-state index in [2.05, 4.69) is 44.4 Å². The van der Waals surface area contributed by atoms with Crippen molar-refractivity contribution in [3.8, 4) is 0 Å². The smallest absolute Gasteiger partial charge is 0.248 e. The van der Waals surface area contributed by atoms with Gasteiger partial charge in [0.25, 0.3) is 0 Å². The minimum absolute atomic E-state index is 0.124. The van der Waals surface area contributed by atoms with Crippen molar-refractivity contribution in [3.05, 3.63) is 75.9 Å². The van der Waals surface area contributed by atoms with Gasteiger partial charge in [0, 0.05) is 60.1 Å². The molecule has 0 aliphatic carbocycles. The molecule has 0 bridgehead atoms. The van der Waals surface area contributed by atoms with Crippen LogP contribution in [0.3, 0.4) is 0 Å². The number of anilines is 1. The summed E-state index contributed by atoms with van der Waals surface area (Å²) in [5.74, 6) is 0. The lowest BCUT2D eigenvalue weighted by Crippen LogP contribution is -2.47. The second-order valence-electron chi connectivity index (χ2n) is 7.58. The van der Waals surface area contributed by atoms with E-state index >= 15 is 0 Å². The lowest BCUT2D eigenvalue weighted by molar-refractivity contribution is 0.109. The Kier molecular flexibility index (Phi) is 4.83. The Bertz CT molecular complexity index is 1210. The molecule has 0 saturated carbocycles. The monoisotopic (exact) mass is 405 g/mol. The van der Waals surface area contributed by atoms with Crippen LogP contribution in [0.2, 0.25) is 0 Å². The van der Waals surface area contributed by atoms with Crippen LogP contribution in [0, 0.1) is 0 Å². The Labute approximate surface area is 172 Å². The minimum Gasteiger partial charge on any atom is -0.387 e. The van der Waals surface area contributed by atoms with Crippen LogP contribution >= 0.6 is 11.3 Å². The van der Waals surface area contributed by atoms with Crippen LogP contribution in [0.4, 0.5) is 5.69 Å². The van der Waals surface area contributed by atoms with Gasteiger partial charge in [-0.15, -0.1) is 11.3 Å². The summed E-state index contributed by atoms with van der Waals surface area (Å²) >= 11 is 1.78. The summed E-state index contributed by atoms with van der Waals surface area (Å²) in [4.78, 5) is 19.2. The number of hydrogen-bond acceptors (Lipinski definition) is 5. The third-order valence-corrected chi connectivity index (χ3v) is 6.63. The third-order valence-electron chi connectivity index (χ3n) is 5.75. The number of nitrogens with one attached hydrogen (secondary N) is 1. The molecule has 1 aliphatic rings. The largest absolute Gasteiger partial charge is 0.387 e. The molecule has 1 unspecified atom stereocenters. The van der Waals surface area contributed by atoms with Crippen LogP contribution in [0.15, 0.2) is 64.8 Å². The fourth-order valence-corrected chi connectivity index (χ4v) is 4.96. The molecule has 2 aromatic heterocycles. The number of β-amino-alcohol motifs (C(OH)–C–C–N with tert-alkyl or cyclic N) is 1. The molecule has 1 atom stereocenters. The summed E-state index contributed by atoms with van der Waals surface area (Å²) in [7, 11) is 0. The second kappa shape index (κ2) is 7.63. The zero-order valence-corrected chi connectivity index (χ0v) is 16.9. The average molecular weight is 406 g/mol. The molecule has 148 valence electrons. The van der Waals surface area contributed by atoms with Crippen LogP contribution in [-0.2, 0) is 0 Å². The van der Waals surface area contributed by atoms with E-state index in [-0.39, 0.29) is 5.56 Å². The SMILES string of the molecule is O=c1ccc2ccc(C(O)CN3CCN(c4cccc5sccc45)CC3)cc2[nH]1. The maximum absolute atomic E-state index is 11.6. The number of hydrogen-bond donors (Lipinski definition) is 2. The van der Waals surface area contributed by atoms with Crippen molar-refractivity contribution in [2.24, 2.45) is 0 Å². The molecule has 1 saturated heterocycles. The van der Waals surface area contributed by atoms with E-state index in [4.69, 9.17) is 0 Å². The molecule has 0 radical (unpaired) electrons. The molecule has 5 rings (SSSR count). The van der Waals surface area contributed by atoms with Gasteiger partial charge < -0.3 is 15.0 Å². The van der Waals surface area contributed by atoms with Gasteiger partial charge in [-0.25, -0.2) is 0 Å². The maximum atomic E-state index is 11.6. The Balaban J connectivity index is 1.26. The number of nitrogens with zero attached hydrogens (tertiary/aromatic N) is 2. The predicted molar refractivity (Wildman–Crippen MR) is 120 cm³/mol. The molecular formula is C23H23N3O2S. The molecule has 6 heteroatoms. The average Bonchev–Trinajstić information content (AvgIpc) is 3.23. The number of aromatic amines is 1. The molecule has 2 aromatic carbocycles. The number of rotatable bonds is 4. The highest BCUT2D eigenvalue weighted by Gasteiger charge is 2.21. The van der Waals surface area contributed by atoms with Crippen molar-refractivity contribution in [1.29, 1.82) is 0 Å². The normalized spacial score (nSPS) is 16.5. The fraction of sp³-hybridized carbons (Fsp3) is 0.261. The quantitative estimate of drug-likeness (QED) is 0.545. The number of aliphatic hydroxyl groups is 1. The molecular weight excluding hydrogens is 382 g/mol. The number of benzene rings is 2. The van der Waals surface area contributed by atoms with Crippen molar-refractivity contribution < 1.29 is 5.11 Å². The Morgan fingerprint density at radius 2 is 1.86 bits per heavy atom. The first-order chi connectivity index (χ1) is 14.2. The van der Waals surface area contributed by atoms with E-state index in [0.29, 0.717) is 6.54 Å². The van der Waals surface area contributed by atoms with Gasteiger partial charge in [-0.2, -0.15) is 0 Å². The van der Waals surface area contributed by atoms with E-state index in [1.807, 2.05) is 18.2 Å². The maximum Gasteiger partial charge on any atom is 0.248 e. The highest BCUT2D eigenvalue weighted by atomic mass is 32.1. The van der Waals surface area contributed by atoms with Crippen LogP contribution in [0.25, 0.3) is 21.0 Å². The fourth-order valence-electron chi connectivity index (χ4n) is 4.15. The highest BCUT2D eigenvalue weighted by Crippen LogP contribution is 2.31. The van der Waals surface area contributed by atoms with Crippen molar-refractivity contribution >= 4 is 38.0 Å². The lowest BCUT2D eigenvalue weighted by atomic mass is 10.1. The van der Waals surface area contributed by atoms with Crippen LogP contribution in [0.5, 0.6) is 0 Å². The minimum atomic E-state index is -0.574. The second-order valence-corrected chi connectivity index (χ2v) is 8.53. The summed E-state index contributed by atoms with van der Waals surface area (Å²) in [6.45, 7) is 4.34. The molecule has 1 aliphatic heterocycles. The van der Waals surface area contributed by atoms with E-state index in [0.717, 1.165) is 42.6 Å². The number of piperazine rings is 1. The number of H-pyrrole nitrogens is 1.